The molecule has 2 rings (SSSR count). The van der Waals surface area contributed by atoms with E-state index >= 15 is 0 Å². The van der Waals surface area contributed by atoms with Gasteiger partial charge in [0.2, 0.25) is 6.79 Å². The van der Waals surface area contributed by atoms with E-state index in [9.17, 15) is 9.90 Å². The summed E-state index contributed by atoms with van der Waals surface area (Å²) in [6.45, 7) is 0.122. The monoisotopic (exact) mass is 272 g/mol. The molecule has 1 heterocycles. The predicted molar refractivity (Wildman–Crippen MR) is 63.8 cm³/mol. The summed E-state index contributed by atoms with van der Waals surface area (Å²) >= 11 is 6.00. The zero-order valence-electron chi connectivity index (χ0n) is 9.81. The molecule has 0 spiro atoms. The van der Waals surface area contributed by atoms with Gasteiger partial charge in [0.05, 0.1) is 18.2 Å². The van der Waals surface area contributed by atoms with Crippen molar-refractivity contribution >= 4 is 17.6 Å². The van der Waals surface area contributed by atoms with Gasteiger partial charge in [-0.25, -0.2) is 0 Å². The minimum atomic E-state index is -0.795. The van der Waals surface area contributed by atoms with Gasteiger partial charge in [0.25, 0.3) is 0 Å². The number of halogens is 1. The van der Waals surface area contributed by atoms with Crippen LogP contribution in [0.3, 0.4) is 0 Å². The summed E-state index contributed by atoms with van der Waals surface area (Å²) < 4.78 is 14.9. The highest BCUT2D eigenvalue weighted by Gasteiger charge is 2.21. The van der Waals surface area contributed by atoms with Crippen LogP contribution in [0, 0.1) is 0 Å². The molecule has 1 unspecified atom stereocenters. The van der Waals surface area contributed by atoms with E-state index in [1.807, 2.05) is 0 Å². The molecule has 98 valence electrons. The quantitative estimate of drug-likeness (QED) is 0.850. The highest BCUT2D eigenvalue weighted by Crippen LogP contribution is 2.41. The van der Waals surface area contributed by atoms with Crippen molar-refractivity contribution in [1.82, 2.24) is 0 Å². The first-order chi connectivity index (χ1) is 8.61. The average Bonchev–Trinajstić information content (AvgIpc) is 2.84. The van der Waals surface area contributed by atoms with Gasteiger partial charge in [0.15, 0.2) is 11.5 Å². The van der Waals surface area contributed by atoms with Crippen molar-refractivity contribution < 1.29 is 24.1 Å². The first-order valence-corrected chi connectivity index (χ1v) is 5.83. The lowest BCUT2D eigenvalue weighted by Gasteiger charge is -2.11. The van der Waals surface area contributed by atoms with Gasteiger partial charge in [-0.05, 0) is 24.1 Å². The maximum Gasteiger partial charge on any atom is 0.305 e. The van der Waals surface area contributed by atoms with Crippen molar-refractivity contribution in [2.75, 3.05) is 13.9 Å². The van der Waals surface area contributed by atoms with Gasteiger partial charge in [0, 0.05) is 6.42 Å². The second-order valence-electron chi connectivity index (χ2n) is 3.87. The zero-order valence-corrected chi connectivity index (χ0v) is 10.6. The van der Waals surface area contributed by atoms with Crippen molar-refractivity contribution in [3.05, 3.63) is 22.7 Å². The van der Waals surface area contributed by atoms with Crippen LogP contribution in [0.1, 0.15) is 24.5 Å². The molecule has 1 aromatic carbocycles. The highest BCUT2D eigenvalue weighted by atomic mass is 35.5. The van der Waals surface area contributed by atoms with E-state index in [1.54, 1.807) is 12.1 Å². The Labute approximate surface area is 109 Å². The average molecular weight is 273 g/mol. The van der Waals surface area contributed by atoms with Crippen LogP contribution in [0.15, 0.2) is 12.1 Å². The van der Waals surface area contributed by atoms with Crippen molar-refractivity contribution in [2.24, 2.45) is 0 Å². The number of carbonyl (C=O) groups is 1. The summed E-state index contributed by atoms with van der Waals surface area (Å²) in [6.07, 6.45) is -0.386. The first kappa shape index (κ1) is 13.0. The number of rotatable bonds is 4. The summed E-state index contributed by atoms with van der Waals surface area (Å²) in [5, 5.41) is 10.3. The van der Waals surface area contributed by atoms with Crippen molar-refractivity contribution in [3.63, 3.8) is 0 Å². The number of ether oxygens (including phenoxy) is 3. The molecule has 18 heavy (non-hydrogen) atoms. The fraction of sp³-hybridized carbons (Fsp3) is 0.417. The van der Waals surface area contributed by atoms with Crippen molar-refractivity contribution in [1.29, 1.82) is 0 Å². The minimum Gasteiger partial charge on any atom is -0.469 e. The maximum atomic E-state index is 11.0. The van der Waals surface area contributed by atoms with Crippen LogP contribution in [-0.4, -0.2) is 25.0 Å². The number of aliphatic hydroxyl groups excluding tert-OH is 1. The van der Waals surface area contributed by atoms with Crippen LogP contribution in [-0.2, 0) is 9.53 Å². The number of hydrogen-bond acceptors (Lipinski definition) is 5. The van der Waals surface area contributed by atoms with E-state index in [-0.39, 0.29) is 25.6 Å². The second kappa shape index (κ2) is 5.46. The van der Waals surface area contributed by atoms with E-state index in [0.29, 0.717) is 22.1 Å². The third kappa shape index (κ3) is 2.68. The van der Waals surface area contributed by atoms with E-state index in [4.69, 9.17) is 21.1 Å². The van der Waals surface area contributed by atoms with Gasteiger partial charge in [-0.2, -0.15) is 0 Å². The summed E-state index contributed by atoms with van der Waals surface area (Å²) in [4.78, 5) is 11.0. The third-order valence-corrected chi connectivity index (χ3v) is 2.96. The molecule has 0 aliphatic carbocycles. The second-order valence-corrected chi connectivity index (χ2v) is 4.27. The SMILES string of the molecule is COC(=O)CCC(O)c1cc(Cl)c2c(c1)OCO2. The van der Waals surface area contributed by atoms with Crippen LogP contribution >= 0.6 is 11.6 Å². The molecule has 0 fully saturated rings. The van der Waals surface area contributed by atoms with Crippen LogP contribution in [0.25, 0.3) is 0 Å². The molecule has 5 nitrogen and oxygen atoms in total. The molecule has 0 saturated carbocycles. The number of carbonyl (C=O) groups excluding carboxylic acids is 1. The van der Waals surface area contributed by atoms with Gasteiger partial charge >= 0.3 is 5.97 Å². The Kier molecular flexibility index (Phi) is 3.93. The molecule has 0 bridgehead atoms. The van der Waals surface area contributed by atoms with Gasteiger partial charge in [-0.15, -0.1) is 0 Å². The molecule has 1 aliphatic rings. The number of hydrogen-bond donors (Lipinski definition) is 1. The number of fused-ring (bicyclic) bond motifs is 1. The molecular weight excluding hydrogens is 260 g/mol. The van der Waals surface area contributed by atoms with Crippen LogP contribution in [0.5, 0.6) is 11.5 Å². The topological polar surface area (TPSA) is 65.0 Å². The molecule has 1 N–H and O–H groups in total. The summed E-state index contributed by atoms with van der Waals surface area (Å²) in [5.74, 6) is 0.635. The number of esters is 1. The molecular formula is C12H13ClO5. The van der Waals surface area contributed by atoms with Gasteiger partial charge < -0.3 is 19.3 Å². The molecule has 0 amide bonds. The Morgan fingerprint density at radius 2 is 2.33 bits per heavy atom. The fourth-order valence-electron chi connectivity index (χ4n) is 1.70. The van der Waals surface area contributed by atoms with E-state index in [1.165, 1.54) is 7.11 Å². The smallest absolute Gasteiger partial charge is 0.305 e. The standard InChI is InChI=1S/C12H13ClO5/c1-16-11(15)3-2-9(14)7-4-8(13)12-10(5-7)17-6-18-12/h4-5,9,14H,2-3,6H2,1H3. The molecule has 6 heteroatoms. The number of aliphatic hydroxyl groups is 1. The Bertz CT molecular complexity index is 460. The first-order valence-electron chi connectivity index (χ1n) is 5.45. The molecule has 1 atom stereocenters. The Balaban J connectivity index is 2.09. The lowest BCUT2D eigenvalue weighted by Crippen LogP contribution is -2.05. The molecule has 1 aromatic rings. The Hall–Kier alpha value is -1.46. The molecule has 0 radical (unpaired) electrons. The zero-order chi connectivity index (χ0) is 13.1. The number of methoxy groups -OCH3 is 1. The summed E-state index contributed by atoms with van der Waals surface area (Å²) in [7, 11) is 1.31. The Morgan fingerprint density at radius 1 is 1.56 bits per heavy atom. The summed E-state index contributed by atoms with van der Waals surface area (Å²) in [5.41, 5.74) is 0.591. The normalized spacial score (nSPS) is 14.4. The van der Waals surface area contributed by atoms with E-state index in [0.717, 1.165) is 0 Å². The van der Waals surface area contributed by atoms with E-state index in [2.05, 4.69) is 4.74 Å². The molecule has 0 saturated heterocycles. The summed E-state index contributed by atoms with van der Waals surface area (Å²) in [6, 6.07) is 3.27. The predicted octanol–water partition coefficient (Wildman–Crippen LogP) is 2.06. The molecule has 1 aliphatic heterocycles. The van der Waals surface area contributed by atoms with Gasteiger partial charge in [-0.3, -0.25) is 4.79 Å². The van der Waals surface area contributed by atoms with Crippen molar-refractivity contribution in [3.8, 4) is 11.5 Å². The van der Waals surface area contributed by atoms with Crippen LogP contribution < -0.4 is 9.47 Å². The number of benzene rings is 1. The highest BCUT2D eigenvalue weighted by molar-refractivity contribution is 6.32. The van der Waals surface area contributed by atoms with Crippen LogP contribution in [0.4, 0.5) is 0 Å². The third-order valence-electron chi connectivity index (χ3n) is 2.68. The Morgan fingerprint density at radius 3 is 3.06 bits per heavy atom. The van der Waals surface area contributed by atoms with Gasteiger partial charge in [0.1, 0.15) is 0 Å². The lowest BCUT2D eigenvalue weighted by atomic mass is 10.0. The largest absolute Gasteiger partial charge is 0.469 e. The van der Waals surface area contributed by atoms with Gasteiger partial charge in [-0.1, -0.05) is 11.6 Å². The lowest BCUT2D eigenvalue weighted by molar-refractivity contribution is -0.141. The fourth-order valence-corrected chi connectivity index (χ4v) is 1.98. The molecule has 0 aromatic heterocycles. The van der Waals surface area contributed by atoms with Crippen molar-refractivity contribution in [2.45, 2.75) is 18.9 Å². The van der Waals surface area contributed by atoms with E-state index < -0.39 is 6.10 Å². The van der Waals surface area contributed by atoms with Crippen LogP contribution in [0.2, 0.25) is 5.02 Å². The maximum absolute atomic E-state index is 11.0. The minimum absolute atomic E-state index is 0.122.